The Bertz CT molecular complexity index is 106. The van der Waals surface area contributed by atoms with Gasteiger partial charge in [-0.05, 0) is 26.7 Å². The predicted octanol–water partition coefficient (Wildman–Crippen LogP) is 3.55. The lowest BCUT2D eigenvalue weighted by atomic mass is 10.2. The lowest BCUT2D eigenvalue weighted by Crippen LogP contribution is -2.02. The lowest BCUT2D eigenvalue weighted by Gasteiger charge is -2.04. The molecule has 0 aromatic heterocycles. The molecule has 0 amide bonds. The molecule has 0 aliphatic carbocycles. The summed E-state index contributed by atoms with van der Waals surface area (Å²) in [5, 5.41) is 0. The number of allylic oxidation sites excluding steroid dienone is 1. The molecule has 0 aliphatic heterocycles. The van der Waals surface area contributed by atoms with E-state index in [1.54, 1.807) is 0 Å². The van der Waals surface area contributed by atoms with Crippen LogP contribution in [0.3, 0.4) is 0 Å². The highest BCUT2D eigenvalue weighted by Gasteiger charge is 1.89. The molecule has 0 N–H and O–H groups in total. The summed E-state index contributed by atoms with van der Waals surface area (Å²) in [6, 6.07) is 0. The van der Waals surface area contributed by atoms with Crippen molar-refractivity contribution in [3.05, 3.63) is 12.2 Å². The Morgan fingerprint density at radius 3 is 2.42 bits per heavy atom. The number of ether oxygens (including phenoxy) is 1. The number of unbranched alkanes of at least 4 members (excludes halogenated alkanes) is 2. The normalized spacial score (nSPS) is 11.7. The van der Waals surface area contributed by atoms with Crippen LogP contribution in [0.25, 0.3) is 0 Å². The largest absolute Gasteiger partial charge is 0.378 e. The smallest absolute Gasteiger partial charge is 0.0519 e. The summed E-state index contributed by atoms with van der Waals surface area (Å²) in [6.45, 7) is 7.22. The third kappa shape index (κ3) is 9.70. The minimum absolute atomic E-state index is 0.369. The zero-order valence-corrected chi connectivity index (χ0v) is 8.68. The van der Waals surface area contributed by atoms with E-state index >= 15 is 0 Å². The van der Waals surface area contributed by atoms with Gasteiger partial charge in [0.2, 0.25) is 0 Å². The number of hydrogen-bond acceptors (Lipinski definition) is 1. The molecule has 0 spiro atoms. The molecule has 0 aliphatic rings. The van der Waals surface area contributed by atoms with E-state index in [4.69, 9.17) is 4.74 Å². The van der Waals surface area contributed by atoms with Crippen molar-refractivity contribution in [3.8, 4) is 0 Å². The fraction of sp³-hybridized carbons (Fsp3) is 0.818. The Morgan fingerprint density at radius 1 is 1.17 bits per heavy atom. The molecule has 1 nitrogen and oxygen atoms in total. The van der Waals surface area contributed by atoms with Crippen LogP contribution in [0.4, 0.5) is 0 Å². The maximum Gasteiger partial charge on any atom is 0.0519 e. The van der Waals surface area contributed by atoms with Crippen LogP contribution in [0.15, 0.2) is 12.2 Å². The zero-order valence-electron chi connectivity index (χ0n) is 8.68. The van der Waals surface area contributed by atoms with E-state index in [1.807, 2.05) is 0 Å². The van der Waals surface area contributed by atoms with E-state index in [0.717, 1.165) is 13.0 Å². The average Bonchev–Trinajstić information content (AvgIpc) is 2.02. The van der Waals surface area contributed by atoms with Crippen molar-refractivity contribution in [2.75, 3.05) is 6.61 Å². The Labute approximate surface area is 76.8 Å². The molecule has 0 rings (SSSR count). The maximum atomic E-state index is 5.40. The zero-order chi connectivity index (χ0) is 9.23. The molecule has 0 heterocycles. The summed E-state index contributed by atoms with van der Waals surface area (Å²) in [4.78, 5) is 0. The Hall–Kier alpha value is -0.300. The van der Waals surface area contributed by atoms with Crippen molar-refractivity contribution < 1.29 is 4.74 Å². The van der Waals surface area contributed by atoms with E-state index < -0.39 is 0 Å². The van der Waals surface area contributed by atoms with E-state index in [-0.39, 0.29) is 0 Å². The van der Waals surface area contributed by atoms with Gasteiger partial charge < -0.3 is 4.74 Å². The molecule has 12 heavy (non-hydrogen) atoms. The standard InChI is InChI=1S/C11H22O/c1-4-5-6-7-8-9-10-12-11(2)3/h7-8,11H,4-6,9-10H2,1-3H3. The van der Waals surface area contributed by atoms with Crippen molar-refractivity contribution in [1.82, 2.24) is 0 Å². The highest BCUT2D eigenvalue weighted by atomic mass is 16.5. The van der Waals surface area contributed by atoms with Crippen molar-refractivity contribution >= 4 is 0 Å². The maximum absolute atomic E-state index is 5.40. The Balaban J connectivity index is 3.03. The van der Waals surface area contributed by atoms with Gasteiger partial charge in [-0.3, -0.25) is 0 Å². The highest BCUT2D eigenvalue weighted by Crippen LogP contribution is 1.97. The molecule has 0 aromatic rings. The van der Waals surface area contributed by atoms with Gasteiger partial charge in [-0.25, -0.2) is 0 Å². The number of hydrogen-bond donors (Lipinski definition) is 0. The van der Waals surface area contributed by atoms with E-state index in [2.05, 4.69) is 32.9 Å². The SMILES string of the molecule is CCCCC=CCCOC(C)C. The van der Waals surface area contributed by atoms with E-state index in [9.17, 15) is 0 Å². The van der Waals surface area contributed by atoms with Crippen LogP contribution >= 0.6 is 0 Å². The minimum atomic E-state index is 0.369. The van der Waals surface area contributed by atoms with Crippen LogP contribution in [0.2, 0.25) is 0 Å². The van der Waals surface area contributed by atoms with Crippen LogP contribution < -0.4 is 0 Å². The monoisotopic (exact) mass is 170 g/mol. The first-order valence-corrected chi connectivity index (χ1v) is 5.04. The van der Waals surface area contributed by atoms with Crippen molar-refractivity contribution in [2.45, 2.75) is 52.6 Å². The van der Waals surface area contributed by atoms with Gasteiger partial charge in [0.25, 0.3) is 0 Å². The van der Waals surface area contributed by atoms with Crippen LogP contribution in [-0.2, 0) is 4.74 Å². The summed E-state index contributed by atoms with van der Waals surface area (Å²) in [5.74, 6) is 0. The van der Waals surface area contributed by atoms with Gasteiger partial charge in [0.1, 0.15) is 0 Å². The Morgan fingerprint density at radius 2 is 1.83 bits per heavy atom. The summed E-state index contributed by atoms with van der Waals surface area (Å²) >= 11 is 0. The molecule has 0 aromatic carbocycles. The van der Waals surface area contributed by atoms with Gasteiger partial charge in [0.05, 0.1) is 12.7 Å². The van der Waals surface area contributed by atoms with Crippen molar-refractivity contribution in [3.63, 3.8) is 0 Å². The van der Waals surface area contributed by atoms with Crippen LogP contribution in [0, 0.1) is 0 Å². The van der Waals surface area contributed by atoms with Crippen molar-refractivity contribution in [1.29, 1.82) is 0 Å². The summed E-state index contributed by atoms with van der Waals surface area (Å²) < 4.78 is 5.40. The van der Waals surface area contributed by atoms with Crippen molar-refractivity contribution in [2.24, 2.45) is 0 Å². The summed E-state index contributed by atoms with van der Waals surface area (Å²) in [5.41, 5.74) is 0. The average molecular weight is 170 g/mol. The molecule has 0 unspecified atom stereocenters. The molecule has 0 bridgehead atoms. The van der Waals surface area contributed by atoms with Gasteiger partial charge in [-0.2, -0.15) is 0 Å². The van der Waals surface area contributed by atoms with Crippen LogP contribution in [0.5, 0.6) is 0 Å². The number of rotatable bonds is 7. The molecular formula is C11H22O. The lowest BCUT2D eigenvalue weighted by molar-refractivity contribution is 0.0825. The fourth-order valence-electron chi connectivity index (χ4n) is 0.929. The molecule has 0 radical (unpaired) electrons. The van der Waals surface area contributed by atoms with Gasteiger partial charge in [-0.1, -0.05) is 31.9 Å². The molecule has 1 heteroatoms. The minimum Gasteiger partial charge on any atom is -0.378 e. The second-order valence-electron chi connectivity index (χ2n) is 3.32. The van der Waals surface area contributed by atoms with Gasteiger partial charge in [-0.15, -0.1) is 0 Å². The summed E-state index contributed by atoms with van der Waals surface area (Å²) in [7, 11) is 0. The highest BCUT2D eigenvalue weighted by molar-refractivity contribution is 4.81. The second kappa shape index (κ2) is 8.79. The summed E-state index contributed by atoms with van der Waals surface area (Å²) in [6.07, 6.45) is 9.72. The van der Waals surface area contributed by atoms with E-state index in [1.165, 1.54) is 19.3 Å². The molecule has 0 saturated heterocycles. The first-order chi connectivity index (χ1) is 5.77. The third-order valence-corrected chi connectivity index (χ3v) is 1.63. The van der Waals surface area contributed by atoms with Gasteiger partial charge in [0, 0.05) is 0 Å². The predicted molar refractivity (Wildman–Crippen MR) is 54.4 cm³/mol. The Kier molecular flexibility index (Phi) is 8.57. The van der Waals surface area contributed by atoms with E-state index in [0.29, 0.717) is 6.10 Å². The molecule has 0 fully saturated rings. The van der Waals surface area contributed by atoms with Gasteiger partial charge >= 0.3 is 0 Å². The van der Waals surface area contributed by atoms with Gasteiger partial charge in [0.15, 0.2) is 0 Å². The van der Waals surface area contributed by atoms with Crippen LogP contribution in [0.1, 0.15) is 46.5 Å². The first kappa shape index (κ1) is 11.7. The molecular weight excluding hydrogens is 148 g/mol. The fourth-order valence-corrected chi connectivity index (χ4v) is 0.929. The first-order valence-electron chi connectivity index (χ1n) is 5.04. The topological polar surface area (TPSA) is 9.23 Å². The second-order valence-corrected chi connectivity index (χ2v) is 3.32. The molecule has 72 valence electrons. The quantitative estimate of drug-likeness (QED) is 0.419. The molecule has 0 saturated carbocycles. The van der Waals surface area contributed by atoms with Crippen LogP contribution in [-0.4, -0.2) is 12.7 Å². The third-order valence-electron chi connectivity index (χ3n) is 1.63. The molecule has 0 atom stereocenters.